The fraction of sp³-hybridized carbons (Fsp3) is 0.783. The molecule has 3 heterocycles. The van der Waals surface area contributed by atoms with E-state index in [1.165, 1.54) is 37.8 Å². The third-order valence-electron chi connectivity index (χ3n) is 7.16. The highest BCUT2D eigenvalue weighted by atomic mass is 16.5. The van der Waals surface area contributed by atoms with Gasteiger partial charge in [0.25, 0.3) is 5.91 Å². The van der Waals surface area contributed by atoms with Crippen molar-refractivity contribution in [3.63, 3.8) is 0 Å². The Morgan fingerprint density at radius 2 is 1.86 bits per heavy atom. The highest BCUT2D eigenvalue weighted by molar-refractivity contribution is 5.95. The molecule has 1 saturated carbocycles. The van der Waals surface area contributed by atoms with E-state index in [2.05, 4.69) is 34.7 Å². The van der Waals surface area contributed by atoms with Crippen LogP contribution < -0.4 is 5.32 Å². The molecule has 0 bridgehead atoms. The molecular weight excluding hydrogens is 366 g/mol. The molecule has 6 heteroatoms. The van der Waals surface area contributed by atoms with Gasteiger partial charge in [0, 0.05) is 55.6 Å². The average Bonchev–Trinajstić information content (AvgIpc) is 3.38. The molecule has 1 aliphatic carbocycles. The Balaban J connectivity index is 1.43. The van der Waals surface area contributed by atoms with Crippen LogP contribution in [0, 0.1) is 19.8 Å². The monoisotopic (exact) mass is 403 g/mol. The summed E-state index contributed by atoms with van der Waals surface area (Å²) in [5, 5.41) is 3.27. The van der Waals surface area contributed by atoms with Crippen LogP contribution in [0.5, 0.6) is 0 Å². The molecule has 162 valence electrons. The normalized spacial score (nSPS) is 25.2. The smallest absolute Gasteiger partial charge is 0.253 e. The van der Waals surface area contributed by atoms with Gasteiger partial charge in [-0.1, -0.05) is 19.3 Å². The molecular formula is C23H37N3O3. The summed E-state index contributed by atoms with van der Waals surface area (Å²) < 4.78 is 13.6. The first kappa shape index (κ1) is 20.9. The van der Waals surface area contributed by atoms with Crippen molar-refractivity contribution in [3.8, 4) is 0 Å². The number of aromatic nitrogens is 1. The second-order valence-electron chi connectivity index (χ2n) is 9.00. The van der Waals surface area contributed by atoms with Gasteiger partial charge in [0.1, 0.15) is 0 Å². The largest absolute Gasteiger partial charge is 0.381 e. The van der Waals surface area contributed by atoms with Crippen molar-refractivity contribution in [1.29, 1.82) is 0 Å². The predicted molar refractivity (Wildman–Crippen MR) is 113 cm³/mol. The number of carbonyl (C=O) groups excluding carboxylic acids is 1. The molecule has 4 rings (SSSR count). The lowest BCUT2D eigenvalue weighted by Crippen LogP contribution is -2.52. The van der Waals surface area contributed by atoms with Gasteiger partial charge in [-0.3, -0.25) is 9.69 Å². The third-order valence-corrected chi connectivity index (χ3v) is 7.16. The molecule has 2 atom stereocenters. The molecule has 1 amide bonds. The number of rotatable bonds is 6. The first-order valence-corrected chi connectivity index (χ1v) is 11.5. The van der Waals surface area contributed by atoms with Crippen LogP contribution in [0.4, 0.5) is 0 Å². The van der Waals surface area contributed by atoms with E-state index in [1.807, 2.05) is 0 Å². The Bertz CT molecular complexity index is 684. The summed E-state index contributed by atoms with van der Waals surface area (Å²) >= 11 is 0. The van der Waals surface area contributed by atoms with Crippen molar-refractivity contribution in [2.45, 2.75) is 64.5 Å². The van der Waals surface area contributed by atoms with Crippen molar-refractivity contribution in [3.05, 3.63) is 23.0 Å². The van der Waals surface area contributed by atoms with E-state index < -0.39 is 0 Å². The number of ether oxygens (including phenoxy) is 2. The van der Waals surface area contributed by atoms with E-state index in [-0.39, 0.29) is 5.91 Å². The number of nitrogens with zero attached hydrogens (tertiary/aromatic N) is 2. The van der Waals surface area contributed by atoms with Gasteiger partial charge in [-0.05, 0) is 39.2 Å². The molecule has 1 N–H and O–H groups in total. The second kappa shape index (κ2) is 9.63. The zero-order valence-corrected chi connectivity index (χ0v) is 18.1. The zero-order valence-electron chi connectivity index (χ0n) is 18.1. The average molecular weight is 404 g/mol. The van der Waals surface area contributed by atoms with Crippen LogP contribution in [-0.2, 0) is 9.47 Å². The predicted octanol–water partition coefficient (Wildman–Crippen LogP) is 3.08. The second-order valence-corrected chi connectivity index (χ2v) is 9.00. The lowest BCUT2D eigenvalue weighted by Gasteiger charge is -2.37. The van der Waals surface area contributed by atoms with Crippen molar-refractivity contribution in [1.82, 2.24) is 14.8 Å². The van der Waals surface area contributed by atoms with E-state index in [4.69, 9.17) is 9.47 Å². The molecule has 2 aliphatic heterocycles. The summed E-state index contributed by atoms with van der Waals surface area (Å²) in [4.78, 5) is 15.6. The van der Waals surface area contributed by atoms with Gasteiger partial charge < -0.3 is 19.4 Å². The number of morpholine rings is 1. The van der Waals surface area contributed by atoms with Crippen molar-refractivity contribution in [2.75, 3.05) is 46.1 Å². The highest BCUT2D eigenvalue weighted by Crippen LogP contribution is 2.32. The zero-order chi connectivity index (χ0) is 20.2. The number of amides is 1. The minimum absolute atomic E-state index is 0.0670. The minimum Gasteiger partial charge on any atom is -0.381 e. The minimum atomic E-state index is 0.0670. The first-order valence-electron chi connectivity index (χ1n) is 11.5. The maximum Gasteiger partial charge on any atom is 0.253 e. The summed E-state index contributed by atoms with van der Waals surface area (Å²) in [7, 11) is 0. The molecule has 2 saturated heterocycles. The molecule has 6 nitrogen and oxygen atoms in total. The van der Waals surface area contributed by atoms with Gasteiger partial charge >= 0.3 is 0 Å². The van der Waals surface area contributed by atoms with Crippen LogP contribution in [-0.4, -0.2) is 67.5 Å². The molecule has 0 radical (unpaired) electrons. The van der Waals surface area contributed by atoms with Gasteiger partial charge in [-0.25, -0.2) is 0 Å². The Hall–Kier alpha value is -1.37. The lowest BCUT2D eigenvalue weighted by atomic mass is 9.95. The Labute approximate surface area is 174 Å². The number of aryl methyl sites for hydroxylation is 1. The Morgan fingerprint density at radius 1 is 1.10 bits per heavy atom. The molecule has 2 unspecified atom stereocenters. The number of nitrogens with one attached hydrogen (secondary N) is 1. The summed E-state index contributed by atoms with van der Waals surface area (Å²) in [5.74, 6) is 0.556. The van der Waals surface area contributed by atoms with Crippen LogP contribution in [0.2, 0.25) is 0 Å². The summed E-state index contributed by atoms with van der Waals surface area (Å²) in [5.41, 5.74) is 3.18. The maximum atomic E-state index is 13.1. The van der Waals surface area contributed by atoms with E-state index in [0.717, 1.165) is 57.2 Å². The van der Waals surface area contributed by atoms with Crippen LogP contribution in [0.25, 0.3) is 0 Å². The lowest BCUT2D eigenvalue weighted by molar-refractivity contribution is 0.00166. The van der Waals surface area contributed by atoms with Crippen LogP contribution >= 0.6 is 0 Å². The number of hydrogen-bond donors (Lipinski definition) is 1. The topological polar surface area (TPSA) is 55.7 Å². The highest BCUT2D eigenvalue weighted by Gasteiger charge is 2.32. The van der Waals surface area contributed by atoms with Crippen LogP contribution in [0.1, 0.15) is 66.3 Å². The van der Waals surface area contributed by atoms with Gasteiger partial charge in [0.15, 0.2) is 0 Å². The van der Waals surface area contributed by atoms with E-state index in [9.17, 15) is 4.79 Å². The summed E-state index contributed by atoms with van der Waals surface area (Å²) in [6.07, 6.45) is 7.49. The standard InChI is InChI=1S/C23H37N3O3/c1-17-14-21(18(2)26(17)20-6-4-3-5-7-20)23(27)24-15-22(19-8-11-29-16-19)25-9-12-28-13-10-25/h14,19-20,22H,3-13,15-16H2,1-2H3,(H,24,27). The first-order chi connectivity index (χ1) is 14.1. The number of carbonyl (C=O) groups is 1. The van der Waals surface area contributed by atoms with Crippen molar-refractivity contribution in [2.24, 2.45) is 5.92 Å². The van der Waals surface area contributed by atoms with Gasteiger partial charge in [0.2, 0.25) is 0 Å². The van der Waals surface area contributed by atoms with Crippen LogP contribution in [0.3, 0.4) is 0 Å². The van der Waals surface area contributed by atoms with Crippen molar-refractivity contribution >= 4 is 5.91 Å². The fourth-order valence-corrected chi connectivity index (χ4v) is 5.56. The molecule has 1 aromatic rings. The van der Waals surface area contributed by atoms with Gasteiger partial charge in [-0.2, -0.15) is 0 Å². The SMILES string of the molecule is Cc1cc(C(=O)NCC(C2CCOC2)N2CCOCC2)c(C)n1C1CCCCC1. The molecule has 3 aliphatic rings. The van der Waals surface area contributed by atoms with Crippen LogP contribution in [0.15, 0.2) is 6.07 Å². The Morgan fingerprint density at radius 3 is 2.55 bits per heavy atom. The maximum absolute atomic E-state index is 13.1. The molecule has 0 aromatic carbocycles. The molecule has 0 spiro atoms. The summed E-state index contributed by atoms with van der Waals surface area (Å²) in [6.45, 7) is 10.0. The molecule has 1 aromatic heterocycles. The molecule has 29 heavy (non-hydrogen) atoms. The van der Waals surface area contributed by atoms with E-state index >= 15 is 0 Å². The Kier molecular flexibility index (Phi) is 6.93. The number of hydrogen-bond acceptors (Lipinski definition) is 4. The third kappa shape index (κ3) is 4.70. The summed E-state index contributed by atoms with van der Waals surface area (Å²) in [6, 6.07) is 2.97. The van der Waals surface area contributed by atoms with E-state index in [1.54, 1.807) is 0 Å². The van der Waals surface area contributed by atoms with Gasteiger partial charge in [0.05, 0.1) is 25.4 Å². The van der Waals surface area contributed by atoms with Gasteiger partial charge in [-0.15, -0.1) is 0 Å². The fourth-order valence-electron chi connectivity index (χ4n) is 5.56. The molecule has 3 fully saturated rings. The quantitative estimate of drug-likeness (QED) is 0.793. The van der Waals surface area contributed by atoms with Crippen molar-refractivity contribution < 1.29 is 14.3 Å². The van der Waals surface area contributed by atoms with E-state index in [0.29, 0.717) is 24.5 Å².